The number of benzene rings is 3. The number of alkyl halides is 3. The van der Waals surface area contributed by atoms with Gasteiger partial charge in [0.1, 0.15) is 11.2 Å². The molecule has 0 fully saturated rings. The highest BCUT2D eigenvalue weighted by Crippen LogP contribution is 2.46. The van der Waals surface area contributed by atoms with Crippen LogP contribution in [-0.4, -0.2) is 21.7 Å². The molecule has 1 aromatic heterocycles. The molecule has 2 atom stereocenters. The first-order valence-electron chi connectivity index (χ1n) is 13.0. The average Bonchev–Trinajstić information content (AvgIpc) is 2.89. The van der Waals surface area contributed by atoms with E-state index in [-0.39, 0.29) is 5.52 Å². The highest BCUT2D eigenvalue weighted by Gasteiger charge is 2.41. The van der Waals surface area contributed by atoms with E-state index in [1.54, 1.807) is 75.4 Å². The summed E-state index contributed by atoms with van der Waals surface area (Å²) in [6.07, 6.45) is -1.77. The van der Waals surface area contributed by atoms with Gasteiger partial charge in [0, 0.05) is 28.1 Å². The van der Waals surface area contributed by atoms with E-state index in [0.717, 1.165) is 24.1 Å². The maximum atomic E-state index is 13.3. The molecule has 0 spiro atoms. The quantitative estimate of drug-likeness (QED) is 0.226. The first-order valence-corrected chi connectivity index (χ1v) is 13.4. The van der Waals surface area contributed by atoms with Crippen LogP contribution in [0.3, 0.4) is 0 Å². The molecule has 40 heavy (non-hydrogen) atoms. The largest absolute Gasteiger partial charge is 0.456 e. The summed E-state index contributed by atoms with van der Waals surface area (Å²) >= 11 is 6.16. The van der Waals surface area contributed by atoms with Crippen LogP contribution in [0.2, 0.25) is 5.02 Å². The molecule has 0 bridgehead atoms. The lowest BCUT2D eigenvalue weighted by Gasteiger charge is -2.38. The van der Waals surface area contributed by atoms with Crippen molar-refractivity contribution in [2.24, 2.45) is 0 Å². The highest BCUT2D eigenvalue weighted by atomic mass is 35.5. The van der Waals surface area contributed by atoms with E-state index < -0.39 is 34.8 Å². The third kappa shape index (κ3) is 6.31. The van der Waals surface area contributed by atoms with Crippen LogP contribution >= 0.6 is 11.6 Å². The van der Waals surface area contributed by atoms with Gasteiger partial charge in [-0.2, -0.15) is 13.2 Å². The standard InChI is InChI=1S/C32H31ClF3NO3/c1-5-6-27(20-7-9-21(10-8-20)29(38)40-30(2,3)4)31(39,23-13-15-26(33)16-14-23)25-17-22-11-12-24(32(34,35)36)18-28(22)37-19-25/h7-19,27,39H,5-6H2,1-4H3/t27-,31?/m1/s1. The van der Waals surface area contributed by atoms with Gasteiger partial charge in [0.25, 0.3) is 0 Å². The number of aromatic nitrogens is 1. The minimum Gasteiger partial charge on any atom is -0.456 e. The third-order valence-corrected chi connectivity index (χ3v) is 7.02. The van der Waals surface area contributed by atoms with Gasteiger partial charge in [0.2, 0.25) is 0 Å². The summed E-state index contributed by atoms with van der Waals surface area (Å²) in [6, 6.07) is 18.8. The van der Waals surface area contributed by atoms with Crippen molar-refractivity contribution in [3.63, 3.8) is 0 Å². The molecule has 1 unspecified atom stereocenters. The molecule has 210 valence electrons. The van der Waals surface area contributed by atoms with E-state index in [1.165, 1.54) is 12.3 Å². The Morgan fingerprint density at radius 3 is 2.12 bits per heavy atom. The van der Waals surface area contributed by atoms with Crippen LogP contribution in [0.25, 0.3) is 10.9 Å². The third-order valence-electron chi connectivity index (χ3n) is 6.77. The normalized spacial score (nSPS) is 14.5. The number of fused-ring (bicyclic) bond motifs is 1. The Morgan fingerprint density at radius 2 is 1.55 bits per heavy atom. The van der Waals surface area contributed by atoms with Gasteiger partial charge in [0.05, 0.1) is 16.6 Å². The second-order valence-corrected chi connectivity index (χ2v) is 11.3. The van der Waals surface area contributed by atoms with E-state index in [2.05, 4.69) is 4.98 Å². The number of hydrogen-bond acceptors (Lipinski definition) is 4. The Kier molecular flexibility index (Phi) is 8.29. The second kappa shape index (κ2) is 11.2. The molecule has 0 saturated carbocycles. The first kappa shape index (κ1) is 29.6. The molecule has 0 aliphatic carbocycles. The summed E-state index contributed by atoms with van der Waals surface area (Å²) < 4.78 is 45.3. The number of aliphatic hydroxyl groups is 1. The van der Waals surface area contributed by atoms with Gasteiger partial charge >= 0.3 is 12.1 Å². The van der Waals surface area contributed by atoms with Crippen molar-refractivity contribution in [3.8, 4) is 0 Å². The zero-order valence-corrected chi connectivity index (χ0v) is 23.5. The van der Waals surface area contributed by atoms with Crippen molar-refractivity contribution in [2.45, 2.75) is 63.8 Å². The molecule has 0 aliphatic heterocycles. The van der Waals surface area contributed by atoms with Gasteiger partial charge in [0.15, 0.2) is 0 Å². The van der Waals surface area contributed by atoms with Crippen molar-refractivity contribution in [2.75, 3.05) is 0 Å². The number of carbonyl (C=O) groups is 1. The number of hydrogen-bond donors (Lipinski definition) is 1. The molecule has 4 rings (SSSR count). The SMILES string of the molecule is CCC[C@H](c1ccc(C(=O)OC(C)(C)C)cc1)C(O)(c1ccc(Cl)cc1)c1cnc2cc(C(F)(F)F)ccc2c1. The molecule has 0 saturated heterocycles. The van der Waals surface area contributed by atoms with E-state index >= 15 is 0 Å². The zero-order chi connectivity index (χ0) is 29.3. The predicted octanol–water partition coefficient (Wildman–Crippen LogP) is 8.68. The maximum Gasteiger partial charge on any atom is 0.416 e. The minimum atomic E-state index is -4.49. The molecule has 0 amide bonds. The van der Waals surface area contributed by atoms with Crippen molar-refractivity contribution >= 4 is 28.5 Å². The van der Waals surface area contributed by atoms with Gasteiger partial charge in [-0.3, -0.25) is 4.98 Å². The van der Waals surface area contributed by atoms with E-state index in [4.69, 9.17) is 16.3 Å². The zero-order valence-electron chi connectivity index (χ0n) is 22.7. The summed E-state index contributed by atoms with van der Waals surface area (Å²) in [5.41, 5.74) is -0.725. The number of pyridine rings is 1. The van der Waals surface area contributed by atoms with Crippen LogP contribution in [0, 0.1) is 0 Å². The molecular formula is C32H31ClF3NO3. The lowest BCUT2D eigenvalue weighted by Crippen LogP contribution is -2.35. The second-order valence-electron chi connectivity index (χ2n) is 10.9. The van der Waals surface area contributed by atoms with E-state index in [1.807, 2.05) is 6.92 Å². The van der Waals surface area contributed by atoms with Gasteiger partial charge in [-0.25, -0.2) is 4.79 Å². The average molecular weight is 570 g/mol. The van der Waals surface area contributed by atoms with Crippen molar-refractivity contribution in [1.29, 1.82) is 0 Å². The van der Waals surface area contributed by atoms with Gasteiger partial charge in [-0.15, -0.1) is 0 Å². The molecular weight excluding hydrogens is 539 g/mol. The lowest BCUT2D eigenvalue weighted by atomic mass is 9.71. The van der Waals surface area contributed by atoms with Gasteiger partial charge in [-0.1, -0.05) is 55.3 Å². The van der Waals surface area contributed by atoms with Crippen LogP contribution in [-0.2, 0) is 16.5 Å². The molecule has 0 aliphatic rings. The molecule has 3 aromatic carbocycles. The first-order chi connectivity index (χ1) is 18.7. The van der Waals surface area contributed by atoms with Crippen molar-refractivity contribution < 1.29 is 27.8 Å². The fourth-order valence-electron chi connectivity index (χ4n) is 4.87. The monoisotopic (exact) mass is 569 g/mol. The number of halogens is 4. The highest BCUT2D eigenvalue weighted by molar-refractivity contribution is 6.30. The number of ether oxygens (including phenoxy) is 1. The summed E-state index contributed by atoms with van der Waals surface area (Å²) in [4.78, 5) is 16.9. The molecule has 1 N–H and O–H groups in total. The summed E-state index contributed by atoms with van der Waals surface area (Å²) in [6.45, 7) is 7.39. The predicted molar refractivity (Wildman–Crippen MR) is 150 cm³/mol. The number of rotatable bonds is 7. The number of esters is 1. The summed E-state index contributed by atoms with van der Waals surface area (Å²) in [7, 11) is 0. The minimum absolute atomic E-state index is 0.172. The van der Waals surface area contributed by atoms with Crippen LogP contribution in [0.15, 0.2) is 79.0 Å². The van der Waals surface area contributed by atoms with Crippen LogP contribution in [0.4, 0.5) is 13.2 Å². The van der Waals surface area contributed by atoms with Crippen LogP contribution < -0.4 is 0 Å². The molecule has 4 nitrogen and oxygen atoms in total. The Balaban J connectivity index is 1.84. The topological polar surface area (TPSA) is 59.4 Å². The Bertz CT molecular complexity index is 1500. The van der Waals surface area contributed by atoms with E-state index in [9.17, 15) is 23.1 Å². The Labute approximate surface area is 236 Å². The fraction of sp³-hybridized carbons (Fsp3) is 0.312. The van der Waals surface area contributed by atoms with Crippen molar-refractivity contribution in [1.82, 2.24) is 4.98 Å². The lowest BCUT2D eigenvalue weighted by molar-refractivity contribution is -0.137. The van der Waals surface area contributed by atoms with Gasteiger partial charge < -0.3 is 9.84 Å². The van der Waals surface area contributed by atoms with Crippen molar-refractivity contribution in [3.05, 3.63) is 112 Å². The van der Waals surface area contributed by atoms with Crippen LogP contribution in [0.5, 0.6) is 0 Å². The smallest absolute Gasteiger partial charge is 0.416 e. The fourth-order valence-corrected chi connectivity index (χ4v) is 5.00. The Morgan fingerprint density at radius 1 is 0.925 bits per heavy atom. The summed E-state index contributed by atoms with van der Waals surface area (Å²) in [5.74, 6) is -0.934. The molecule has 0 radical (unpaired) electrons. The maximum absolute atomic E-state index is 13.3. The molecule has 4 aromatic rings. The Hall–Kier alpha value is -3.42. The van der Waals surface area contributed by atoms with Crippen LogP contribution in [0.1, 0.15) is 79.1 Å². The van der Waals surface area contributed by atoms with Gasteiger partial charge in [-0.05, 0) is 80.8 Å². The van der Waals surface area contributed by atoms with E-state index in [0.29, 0.717) is 33.5 Å². The number of carbonyl (C=O) groups excluding carboxylic acids is 1. The number of nitrogens with zero attached hydrogens (tertiary/aromatic N) is 1. The summed E-state index contributed by atoms with van der Waals surface area (Å²) in [5, 5.41) is 13.6. The molecule has 8 heteroatoms. The molecule has 1 heterocycles.